The molecule has 0 aliphatic carbocycles. The van der Waals surface area contributed by atoms with Gasteiger partial charge in [-0.3, -0.25) is 9.59 Å². The molecule has 0 saturated carbocycles. The molecule has 128 valence electrons. The Bertz CT molecular complexity index is 1040. The molecule has 3 aromatic rings. The highest BCUT2D eigenvalue weighted by Gasteiger charge is 2.32. The molecule has 0 aromatic heterocycles. The maximum Gasteiger partial charge on any atom is 0.282 e. The maximum absolute atomic E-state index is 12.7. The standard InChI is InChI=1S/C20H14N2O4/c1-26-14-8-9-17(23)13(10-14)11-21-22-19(24)15-6-2-4-12-5-3-7-16(18(12)15)20(22)25/h2-11,23H,1H3/b21-11+. The van der Waals surface area contributed by atoms with Crippen molar-refractivity contribution in [2.45, 2.75) is 0 Å². The lowest BCUT2D eigenvalue weighted by molar-refractivity contribution is 0.0616. The number of benzene rings is 3. The lowest BCUT2D eigenvalue weighted by Crippen LogP contribution is -2.36. The molecule has 0 atom stereocenters. The molecule has 1 aliphatic heterocycles. The van der Waals surface area contributed by atoms with E-state index in [2.05, 4.69) is 5.10 Å². The van der Waals surface area contributed by atoms with Gasteiger partial charge in [0.25, 0.3) is 11.8 Å². The van der Waals surface area contributed by atoms with Gasteiger partial charge in [-0.2, -0.15) is 10.1 Å². The molecule has 0 spiro atoms. The van der Waals surface area contributed by atoms with Crippen molar-refractivity contribution in [3.05, 3.63) is 71.3 Å². The van der Waals surface area contributed by atoms with Gasteiger partial charge >= 0.3 is 0 Å². The van der Waals surface area contributed by atoms with Crippen molar-refractivity contribution in [1.82, 2.24) is 5.01 Å². The second-order valence-corrected chi connectivity index (χ2v) is 5.80. The fourth-order valence-electron chi connectivity index (χ4n) is 3.01. The van der Waals surface area contributed by atoms with Crippen LogP contribution in [0.1, 0.15) is 26.3 Å². The molecule has 0 fully saturated rings. The van der Waals surface area contributed by atoms with Gasteiger partial charge in [-0.1, -0.05) is 24.3 Å². The second-order valence-electron chi connectivity index (χ2n) is 5.80. The normalized spacial score (nSPS) is 13.7. The number of carbonyl (C=O) groups excluding carboxylic acids is 2. The number of phenols is 1. The number of amides is 2. The fourth-order valence-corrected chi connectivity index (χ4v) is 3.01. The minimum absolute atomic E-state index is 0.0334. The van der Waals surface area contributed by atoms with Crippen LogP contribution in [0, 0.1) is 0 Å². The molecule has 6 heteroatoms. The number of rotatable bonds is 3. The Morgan fingerprint density at radius 2 is 1.65 bits per heavy atom. The Morgan fingerprint density at radius 3 is 2.27 bits per heavy atom. The summed E-state index contributed by atoms with van der Waals surface area (Å²) in [6.07, 6.45) is 1.27. The van der Waals surface area contributed by atoms with Gasteiger partial charge in [-0.05, 0) is 35.7 Å². The average Bonchev–Trinajstić information content (AvgIpc) is 2.67. The van der Waals surface area contributed by atoms with Crippen LogP contribution in [0.25, 0.3) is 10.8 Å². The molecular formula is C20H14N2O4. The predicted octanol–water partition coefficient (Wildman–Crippen LogP) is 3.18. The summed E-state index contributed by atoms with van der Waals surface area (Å²) in [6.45, 7) is 0. The SMILES string of the molecule is COc1ccc(O)c(/C=N/N2C(=O)c3cccc4cccc(c34)C2=O)c1. The highest BCUT2D eigenvalue weighted by molar-refractivity contribution is 6.25. The Morgan fingerprint density at radius 1 is 1.00 bits per heavy atom. The van der Waals surface area contributed by atoms with E-state index < -0.39 is 11.8 Å². The Kier molecular flexibility index (Phi) is 3.65. The largest absolute Gasteiger partial charge is 0.507 e. The molecule has 1 heterocycles. The molecule has 6 nitrogen and oxygen atoms in total. The first-order chi connectivity index (χ1) is 12.6. The zero-order valence-corrected chi connectivity index (χ0v) is 13.8. The van der Waals surface area contributed by atoms with E-state index in [-0.39, 0.29) is 5.75 Å². The zero-order valence-electron chi connectivity index (χ0n) is 13.8. The van der Waals surface area contributed by atoms with Crippen LogP contribution in [0.5, 0.6) is 11.5 Å². The van der Waals surface area contributed by atoms with E-state index >= 15 is 0 Å². The summed E-state index contributed by atoms with van der Waals surface area (Å²) in [5, 5.41) is 16.3. The van der Waals surface area contributed by atoms with E-state index in [9.17, 15) is 14.7 Å². The van der Waals surface area contributed by atoms with Crippen LogP contribution in [0.3, 0.4) is 0 Å². The number of hydrazone groups is 1. The van der Waals surface area contributed by atoms with Crippen molar-refractivity contribution in [3.8, 4) is 11.5 Å². The first-order valence-corrected chi connectivity index (χ1v) is 7.91. The summed E-state index contributed by atoms with van der Waals surface area (Å²) < 4.78 is 5.11. The third-order valence-electron chi connectivity index (χ3n) is 4.30. The number of hydrogen-bond donors (Lipinski definition) is 1. The molecule has 0 radical (unpaired) electrons. The molecule has 26 heavy (non-hydrogen) atoms. The van der Waals surface area contributed by atoms with E-state index in [0.29, 0.717) is 27.8 Å². The summed E-state index contributed by atoms with van der Waals surface area (Å²) in [7, 11) is 1.50. The highest BCUT2D eigenvalue weighted by Crippen LogP contribution is 2.30. The summed E-state index contributed by atoms with van der Waals surface area (Å²) in [5.41, 5.74) is 1.18. The highest BCUT2D eigenvalue weighted by atomic mass is 16.5. The minimum atomic E-state index is -0.502. The number of aromatic hydroxyl groups is 1. The van der Waals surface area contributed by atoms with Crippen LogP contribution >= 0.6 is 0 Å². The van der Waals surface area contributed by atoms with E-state index in [1.54, 1.807) is 36.4 Å². The van der Waals surface area contributed by atoms with Crippen LogP contribution in [-0.4, -0.2) is 35.3 Å². The van der Waals surface area contributed by atoms with Crippen molar-refractivity contribution in [2.24, 2.45) is 5.10 Å². The van der Waals surface area contributed by atoms with E-state index in [1.165, 1.54) is 19.4 Å². The van der Waals surface area contributed by atoms with Crippen molar-refractivity contribution in [3.63, 3.8) is 0 Å². The number of carbonyl (C=O) groups is 2. The average molecular weight is 346 g/mol. The summed E-state index contributed by atoms with van der Waals surface area (Å²) in [5.74, 6) is -0.513. The Balaban J connectivity index is 1.78. The van der Waals surface area contributed by atoms with Crippen LogP contribution < -0.4 is 4.74 Å². The van der Waals surface area contributed by atoms with E-state index in [1.807, 2.05) is 12.1 Å². The number of phenolic OH excluding ortho intramolecular Hbond substituents is 1. The van der Waals surface area contributed by atoms with Crippen LogP contribution in [0.2, 0.25) is 0 Å². The van der Waals surface area contributed by atoms with Gasteiger partial charge in [-0.25, -0.2) is 0 Å². The summed E-state index contributed by atoms with van der Waals surface area (Å²) >= 11 is 0. The lowest BCUT2D eigenvalue weighted by Gasteiger charge is -2.23. The quantitative estimate of drug-likeness (QED) is 0.583. The smallest absolute Gasteiger partial charge is 0.282 e. The fraction of sp³-hybridized carbons (Fsp3) is 0.0500. The Labute approximate surface area is 148 Å². The first-order valence-electron chi connectivity index (χ1n) is 7.91. The molecule has 1 aliphatic rings. The van der Waals surface area contributed by atoms with Crippen molar-refractivity contribution in [1.29, 1.82) is 0 Å². The van der Waals surface area contributed by atoms with Gasteiger partial charge in [0.15, 0.2) is 0 Å². The van der Waals surface area contributed by atoms with Crippen LogP contribution in [0.4, 0.5) is 0 Å². The molecule has 0 bridgehead atoms. The summed E-state index contributed by atoms with van der Waals surface area (Å²) in [6, 6.07) is 15.2. The van der Waals surface area contributed by atoms with Crippen molar-refractivity contribution >= 4 is 28.8 Å². The zero-order chi connectivity index (χ0) is 18.3. The van der Waals surface area contributed by atoms with Crippen molar-refractivity contribution < 1.29 is 19.4 Å². The van der Waals surface area contributed by atoms with E-state index in [0.717, 1.165) is 10.4 Å². The number of imide groups is 1. The van der Waals surface area contributed by atoms with E-state index in [4.69, 9.17) is 4.74 Å². The molecule has 2 amide bonds. The molecule has 3 aromatic carbocycles. The monoisotopic (exact) mass is 346 g/mol. The third-order valence-corrected chi connectivity index (χ3v) is 4.30. The van der Waals surface area contributed by atoms with Crippen LogP contribution in [-0.2, 0) is 0 Å². The number of methoxy groups -OCH3 is 1. The molecule has 0 unspecified atom stereocenters. The molecule has 0 saturated heterocycles. The second kappa shape index (κ2) is 6.00. The topological polar surface area (TPSA) is 79.2 Å². The van der Waals surface area contributed by atoms with Gasteiger partial charge in [0.2, 0.25) is 0 Å². The Hall–Kier alpha value is -3.67. The predicted molar refractivity (Wildman–Crippen MR) is 96.7 cm³/mol. The lowest BCUT2D eigenvalue weighted by atomic mass is 9.95. The summed E-state index contributed by atoms with van der Waals surface area (Å²) in [4.78, 5) is 25.5. The van der Waals surface area contributed by atoms with Crippen LogP contribution in [0.15, 0.2) is 59.7 Å². The minimum Gasteiger partial charge on any atom is -0.507 e. The van der Waals surface area contributed by atoms with Gasteiger partial charge in [0.05, 0.1) is 24.5 Å². The van der Waals surface area contributed by atoms with Gasteiger partial charge in [0, 0.05) is 10.9 Å². The van der Waals surface area contributed by atoms with Gasteiger partial charge in [-0.15, -0.1) is 0 Å². The molecule has 4 rings (SSSR count). The third kappa shape index (κ3) is 2.39. The number of hydrogen-bond acceptors (Lipinski definition) is 5. The molecular weight excluding hydrogens is 332 g/mol. The number of nitrogens with zero attached hydrogens (tertiary/aromatic N) is 2. The van der Waals surface area contributed by atoms with Gasteiger partial charge in [0.1, 0.15) is 11.5 Å². The molecule has 1 N–H and O–H groups in total. The first kappa shape index (κ1) is 15.8. The van der Waals surface area contributed by atoms with Gasteiger partial charge < -0.3 is 9.84 Å². The van der Waals surface area contributed by atoms with Crippen molar-refractivity contribution in [2.75, 3.05) is 7.11 Å². The maximum atomic E-state index is 12.7. The number of ether oxygens (including phenoxy) is 1.